The Balaban J connectivity index is 2.44. The summed E-state index contributed by atoms with van der Waals surface area (Å²) in [4.78, 5) is 13.1. The Bertz CT molecular complexity index is 711. The second-order valence-corrected chi connectivity index (χ2v) is 4.89. The Hall–Kier alpha value is -3.09. The van der Waals surface area contributed by atoms with E-state index in [2.05, 4.69) is 5.32 Å². The van der Waals surface area contributed by atoms with E-state index in [4.69, 9.17) is 5.11 Å². The molecule has 0 bridgehead atoms. The van der Waals surface area contributed by atoms with Crippen molar-refractivity contribution in [3.05, 3.63) is 35.9 Å². The van der Waals surface area contributed by atoms with Gasteiger partial charge in [-0.25, -0.2) is 4.79 Å². The van der Waals surface area contributed by atoms with Crippen LogP contribution in [-0.2, 0) is 0 Å². The zero-order valence-corrected chi connectivity index (χ0v) is 12.0. The molecule has 22 heavy (non-hydrogen) atoms. The molecular formula is C15H16N2O5. The fourth-order valence-electron chi connectivity index (χ4n) is 1.93. The Morgan fingerprint density at radius 1 is 1.05 bits per heavy atom. The third-order valence-corrected chi connectivity index (χ3v) is 3.14. The molecular weight excluding hydrogens is 288 g/mol. The largest absolute Gasteiger partial charge is 0.504 e. The van der Waals surface area contributed by atoms with Crippen LogP contribution in [0, 0.1) is 0 Å². The van der Waals surface area contributed by atoms with Gasteiger partial charge < -0.3 is 30.6 Å². The van der Waals surface area contributed by atoms with Crippen LogP contribution in [0.2, 0.25) is 0 Å². The van der Waals surface area contributed by atoms with Gasteiger partial charge in [0.1, 0.15) is 0 Å². The summed E-state index contributed by atoms with van der Waals surface area (Å²) in [6.07, 6.45) is 0. The fraction of sp³-hybridized carbons (Fsp3) is 0.133. The molecule has 0 aliphatic carbocycles. The average Bonchev–Trinajstić information content (AvgIpc) is 2.47. The third-order valence-electron chi connectivity index (χ3n) is 3.14. The lowest BCUT2D eigenvalue weighted by Crippen LogP contribution is -2.08. The number of phenols is 3. The molecule has 2 rings (SSSR count). The van der Waals surface area contributed by atoms with E-state index in [-0.39, 0.29) is 11.3 Å². The molecule has 2 aromatic carbocycles. The number of carbonyl (C=O) groups is 1. The van der Waals surface area contributed by atoms with Gasteiger partial charge in [-0.3, -0.25) is 0 Å². The quantitative estimate of drug-likeness (QED) is 0.435. The van der Waals surface area contributed by atoms with Crippen LogP contribution in [0.15, 0.2) is 30.3 Å². The number of carboxylic acid groups (broad SMARTS) is 1. The first-order chi connectivity index (χ1) is 10.3. The molecule has 5 N–H and O–H groups in total. The molecule has 0 aliphatic rings. The summed E-state index contributed by atoms with van der Waals surface area (Å²) in [6.45, 7) is 0. The maximum absolute atomic E-state index is 11.2. The SMILES string of the molecule is CN(C)c1ccc(Nc2c(C(=O)O)cc(O)c(O)c2O)cc1. The van der Waals surface area contributed by atoms with Gasteiger partial charge in [-0.05, 0) is 24.3 Å². The summed E-state index contributed by atoms with van der Waals surface area (Å²) in [5, 5.41) is 40.7. The Kier molecular flexibility index (Phi) is 3.98. The van der Waals surface area contributed by atoms with Crippen LogP contribution in [0.3, 0.4) is 0 Å². The average molecular weight is 304 g/mol. The van der Waals surface area contributed by atoms with Crippen molar-refractivity contribution < 1.29 is 25.2 Å². The smallest absolute Gasteiger partial charge is 0.338 e. The molecule has 0 aromatic heterocycles. The zero-order chi connectivity index (χ0) is 16.4. The summed E-state index contributed by atoms with van der Waals surface area (Å²) in [5.41, 5.74) is 0.917. The van der Waals surface area contributed by atoms with Gasteiger partial charge in [-0.1, -0.05) is 0 Å². The van der Waals surface area contributed by atoms with Crippen LogP contribution in [0.4, 0.5) is 17.1 Å². The van der Waals surface area contributed by atoms with Gasteiger partial charge >= 0.3 is 5.97 Å². The molecule has 0 spiro atoms. The summed E-state index contributed by atoms with van der Waals surface area (Å²) in [7, 11) is 3.77. The lowest BCUT2D eigenvalue weighted by atomic mass is 10.1. The van der Waals surface area contributed by atoms with Crippen molar-refractivity contribution in [1.82, 2.24) is 0 Å². The minimum Gasteiger partial charge on any atom is -0.504 e. The number of nitrogens with one attached hydrogen (secondary N) is 1. The normalized spacial score (nSPS) is 10.3. The Morgan fingerprint density at radius 2 is 1.64 bits per heavy atom. The van der Waals surface area contributed by atoms with Crippen molar-refractivity contribution in [2.75, 3.05) is 24.3 Å². The maximum Gasteiger partial charge on any atom is 0.338 e. The number of anilines is 3. The van der Waals surface area contributed by atoms with Gasteiger partial charge in [-0.2, -0.15) is 0 Å². The van der Waals surface area contributed by atoms with Gasteiger partial charge in [0.05, 0.1) is 11.3 Å². The number of hydrogen-bond donors (Lipinski definition) is 5. The van der Waals surface area contributed by atoms with Gasteiger partial charge in [0.15, 0.2) is 11.5 Å². The Morgan fingerprint density at radius 3 is 2.14 bits per heavy atom. The van der Waals surface area contributed by atoms with Crippen LogP contribution < -0.4 is 10.2 Å². The number of phenolic OH excluding ortho intramolecular Hbond substituents is 3. The highest BCUT2D eigenvalue weighted by Crippen LogP contribution is 2.44. The second-order valence-electron chi connectivity index (χ2n) is 4.89. The zero-order valence-electron chi connectivity index (χ0n) is 12.0. The highest BCUT2D eigenvalue weighted by molar-refractivity contribution is 5.98. The fourth-order valence-corrected chi connectivity index (χ4v) is 1.93. The van der Waals surface area contributed by atoms with E-state index in [0.29, 0.717) is 5.69 Å². The molecule has 0 fully saturated rings. The molecule has 0 amide bonds. The highest BCUT2D eigenvalue weighted by atomic mass is 16.4. The number of hydrogen-bond acceptors (Lipinski definition) is 6. The number of aromatic carboxylic acids is 1. The molecule has 7 nitrogen and oxygen atoms in total. The molecule has 0 unspecified atom stereocenters. The van der Waals surface area contributed by atoms with E-state index in [0.717, 1.165) is 11.8 Å². The molecule has 0 aliphatic heterocycles. The van der Waals surface area contributed by atoms with Crippen LogP contribution in [0.5, 0.6) is 17.2 Å². The van der Waals surface area contributed by atoms with Crippen molar-refractivity contribution in [1.29, 1.82) is 0 Å². The van der Waals surface area contributed by atoms with E-state index >= 15 is 0 Å². The van der Waals surface area contributed by atoms with Crippen molar-refractivity contribution in [2.45, 2.75) is 0 Å². The summed E-state index contributed by atoms with van der Waals surface area (Å²) < 4.78 is 0. The van der Waals surface area contributed by atoms with Gasteiger partial charge in [-0.15, -0.1) is 0 Å². The lowest BCUT2D eigenvalue weighted by molar-refractivity contribution is 0.0697. The van der Waals surface area contributed by atoms with Crippen molar-refractivity contribution in [2.24, 2.45) is 0 Å². The minimum absolute atomic E-state index is 0.194. The molecule has 0 atom stereocenters. The first-order valence-electron chi connectivity index (χ1n) is 6.37. The number of benzene rings is 2. The molecule has 0 heterocycles. The molecule has 0 saturated heterocycles. The molecule has 0 saturated carbocycles. The van der Waals surface area contributed by atoms with Crippen molar-refractivity contribution in [3.63, 3.8) is 0 Å². The predicted octanol–water partition coefficient (Wildman–Crippen LogP) is 2.31. The predicted molar refractivity (Wildman–Crippen MR) is 82.4 cm³/mol. The molecule has 0 radical (unpaired) electrons. The molecule has 7 heteroatoms. The van der Waals surface area contributed by atoms with Crippen molar-refractivity contribution in [3.8, 4) is 17.2 Å². The first-order valence-corrected chi connectivity index (χ1v) is 6.37. The van der Waals surface area contributed by atoms with E-state index in [1.807, 2.05) is 19.0 Å². The van der Waals surface area contributed by atoms with Gasteiger partial charge in [0.25, 0.3) is 0 Å². The minimum atomic E-state index is -1.35. The Labute approximate surface area is 126 Å². The van der Waals surface area contributed by atoms with E-state index in [9.17, 15) is 20.1 Å². The summed E-state index contributed by atoms with van der Waals surface area (Å²) in [5.74, 6) is -3.56. The summed E-state index contributed by atoms with van der Waals surface area (Å²) in [6, 6.07) is 7.88. The van der Waals surface area contributed by atoms with E-state index < -0.39 is 23.2 Å². The number of aromatic hydroxyl groups is 3. The number of rotatable bonds is 4. The number of nitrogens with zero attached hydrogens (tertiary/aromatic N) is 1. The summed E-state index contributed by atoms with van der Waals surface area (Å²) >= 11 is 0. The third kappa shape index (κ3) is 2.83. The van der Waals surface area contributed by atoms with Crippen molar-refractivity contribution >= 4 is 23.0 Å². The van der Waals surface area contributed by atoms with Crippen LogP contribution in [0.25, 0.3) is 0 Å². The van der Waals surface area contributed by atoms with Crippen LogP contribution in [0.1, 0.15) is 10.4 Å². The lowest BCUT2D eigenvalue weighted by Gasteiger charge is -2.15. The standard InChI is InChI=1S/C15H16N2O5/c1-17(2)9-5-3-8(4-6-9)16-12-10(15(21)22)7-11(18)13(19)14(12)20/h3-7,16,18-20H,1-2H3,(H,21,22). The molecule has 2 aromatic rings. The topological polar surface area (TPSA) is 113 Å². The van der Waals surface area contributed by atoms with E-state index in [1.165, 1.54) is 0 Å². The van der Waals surface area contributed by atoms with Crippen LogP contribution >= 0.6 is 0 Å². The van der Waals surface area contributed by atoms with Crippen LogP contribution in [-0.4, -0.2) is 40.5 Å². The first kappa shape index (κ1) is 15.3. The van der Waals surface area contributed by atoms with Gasteiger partial charge in [0.2, 0.25) is 5.75 Å². The number of carboxylic acids is 1. The second kappa shape index (κ2) is 5.72. The monoisotopic (exact) mass is 304 g/mol. The maximum atomic E-state index is 11.2. The highest BCUT2D eigenvalue weighted by Gasteiger charge is 2.21. The molecule has 116 valence electrons. The van der Waals surface area contributed by atoms with E-state index in [1.54, 1.807) is 24.3 Å². The van der Waals surface area contributed by atoms with Gasteiger partial charge in [0, 0.05) is 31.5 Å².